The Labute approximate surface area is 174 Å². The summed E-state index contributed by atoms with van der Waals surface area (Å²) in [5.74, 6) is 0.732. The topological polar surface area (TPSA) is 48.5 Å². The summed E-state index contributed by atoms with van der Waals surface area (Å²) in [5, 5.41) is 2.74. The highest BCUT2D eigenvalue weighted by Crippen LogP contribution is 2.31. The van der Waals surface area contributed by atoms with E-state index in [4.69, 9.17) is 0 Å². The fourth-order valence-electron chi connectivity index (χ4n) is 3.65. The monoisotopic (exact) mass is 420 g/mol. The highest BCUT2D eigenvalue weighted by Gasteiger charge is 2.31. The Morgan fingerprint density at radius 1 is 1.20 bits per heavy atom. The number of alkyl halides is 3. The molecule has 0 aliphatic carbocycles. The molecule has 1 aliphatic heterocycles. The highest BCUT2D eigenvalue weighted by atomic mass is 19.4. The van der Waals surface area contributed by atoms with Crippen molar-refractivity contribution in [1.82, 2.24) is 9.88 Å². The van der Waals surface area contributed by atoms with Crippen LogP contribution in [0, 0.1) is 5.92 Å². The number of anilines is 2. The van der Waals surface area contributed by atoms with Crippen molar-refractivity contribution < 1.29 is 18.0 Å². The number of rotatable bonds is 6. The van der Waals surface area contributed by atoms with Gasteiger partial charge in [-0.25, -0.2) is 4.98 Å². The summed E-state index contributed by atoms with van der Waals surface area (Å²) in [4.78, 5) is 21.3. The van der Waals surface area contributed by atoms with Gasteiger partial charge in [-0.05, 0) is 76.2 Å². The summed E-state index contributed by atoms with van der Waals surface area (Å²) in [5.41, 5.74) is -0.380. The van der Waals surface area contributed by atoms with Crippen LogP contribution in [0.3, 0.4) is 0 Å². The predicted molar refractivity (Wildman–Crippen MR) is 112 cm³/mol. The summed E-state index contributed by atoms with van der Waals surface area (Å²) in [7, 11) is 4.14. The maximum atomic E-state index is 12.9. The number of carbonyl (C=O) groups is 1. The van der Waals surface area contributed by atoms with E-state index in [-0.39, 0.29) is 5.56 Å². The minimum absolute atomic E-state index is 0.0398. The summed E-state index contributed by atoms with van der Waals surface area (Å²) >= 11 is 0. The van der Waals surface area contributed by atoms with Gasteiger partial charge in [-0.1, -0.05) is 6.07 Å². The number of hydrogen-bond acceptors (Lipinski definition) is 4. The first-order chi connectivity index (χ1) is 14.2. The van der Waals surface area contributed by atoms with Crippen LogP contribution in [0.2, 0.25) is 0 Å². The molecular formula is C22H27F3N4O. The van der Waals surface area contributed by atoms with E-state index in [1.807, 2.05) is 0 Å². The van der Waals surface area contributed by atoms with Crippen LogP contribution in [0.25, 0.3) is 0 Å². The molecule has 1 N–H and O–H groups in total. The first-order valence-electron chi connectivity index (χ1n) is 10.1. The van der Waals surface area contributed by atoms with E-state index in [2.05, 4.69) is 34.2 Å². The summed E-state index contributed by atoms with van der Waals surface area (Å²) in [6.45, 7) is 2.73. The third-order valence-corrected chi connectivity index (χ3v) is 5.39. The maximum Gasteiger partial charge on any atom is 0.416 e. The molecule has 0 unspecified atom stereocenters. The lowest BCUT2D eigenvalue weighted by Crippen LogP contribution is -2.35. The molecule has 1 saturated heterocycles. The fraction of sp³-hybridized carbons (Fsp3) is 0.455. The van der Waals surface area contributed by atoms with Crippen molar-refractivity contribution in [3.63, 3.8) is 0 Å². The number of amides is 1. The van der Waals surface area contributed by atoms with E-state index >= 15 is 0 Å². The van der Waals surface area contributed by atoms with E-state index < -0.39 is 17.6 Å². The molecular weight excluding hydrogens is 393 g/mol. The predicted octanol–water partition coefficient (Wildman–Crippen LogP) is 4.52. The van der Waals surface area contributed by atoms with Gasteiger partial charge in [0, 0.05) is 24.8 Å². The number of nitrogens with one attached hydrogen (secondary N) is 1. The second-order valence-electron chi connectivity index (χ2n) is 7.93. The molecule has 1 fully saturated rings. The Bertz CT molecular complexity index is 861. The quantitative estimate of drug-likeness (QED) is 0.747. The maximum absolute atomic E-state index is 12.9. The van der Waals surface area contributed by atoms with Crippen molar-refractivity contribution in [2.75, 3.05) is 43.9 Å². The molecule has 0 bridgehead atoms. The molecule has 1 aromatic carbocycles. The van der Waals surface area contributed by atoms with Crippen LogP contribution < -0.4 is 10.2 Å². The van der Waals surface area contributed by atoms with Crippen LogP contribution >= 0.6 is 0 Å². The second kappa shape index (κ2) is 9.47. The van der Waals surface area contributed by atoms with Gasteiger partial charge in [0.25, 0.3) is 5.91 Å². The van der Waals surface area contributed by atoms with Crippen LogP contribution in [0.4, 0.5) is 24.7 Å². The minimum Gasteiger partial charge on any atom is -0.355 e. The third kappa shape index (κ3) is 5.72. The second-order valence-corrected chi connectivity index (χ2v) is 7.93. The number of benzene rings is 1. The zero-order valence-corrected chi connectivity index (χ0v) is 17.2. The van der Waals surface area contributed by atoms with Crippen molar-refractivity contribution in [3.05, 3.63) is 53.7 Å². The molecule has 8 heteroatoms. The lowest BCUT2D eigenvalue weighted by molar-refractivity contribution is -0.137. The van der Waals surface area contributed by atoms with E-state index in [1.54, 1.807) is 18.3 Å². The Morgan fingerprint density at radius 3 is 2.60 bits per heavy atom. The third-order valence-electron chi connectivity index (χ3n) is 5.39. The molecule has 2 aromatic rings. The van der Waals surface area contributed by atoms with Crippen molar-refractivity contribution >= 4 is 17.4 Å². The lowest BCUT2D eigenvalue weighted by Gasteiger charge is -2.34. The van der Waals surface area contributed by atoms with Gasteiger partial charge in [-0.2, -0.15) is 13.2 Å². The number of hydrogen-bond donors (Lipinski definition) is 1. The van der Waals surface area contributed by atoms with Crippen molar-refractivity contribution in [2.24, 2.45) is 5.92 Å². The van der Waals surface area contributed by atoms with Crippen molar-refractivity contribution in [3.8, 4) is 0 Å². The molecule has 1 aliphatic rings. The molecule has 0 atom stereocenters. The zero-order chi connectivity index (χ0) is 21.7. The molecule has 1 aromatic heterocycles. The average molecular weight is 420 g/mol. The average Bonchev–Trinajstić information content (AvgIpc) is 2.72. The van der Waals surface area contributed by atoms with E-state index in [9.17, 15) is 18.0 Å². The van der Waals surface area contributed by atoms with Gasteiger partial charge in [0.2, 0.25) is 0 Å². The van der Waals surface area contributed by atoms with Crippen LogP contribution in [0.15, 0.2) is 42.6 Å². The summed E-state index contributed by atoms with van der Waals surface area (Å²) in [6, 6.07) is 7.85. The number of halogens is 3. The van der Waals surface area contributed by atoms with Gasteiger partial charge in [0.15, 0.2) is 5.82 Å². The first kappa shape index (κ1) is 22.1. The molecule has 1 amide bonds. The summed E-state index contributed by atoms with van der Waals surface area (Å²) < 4.78 is 38.8. The smallest absolute Gasteiger partial charge is 0.355 e. The minimum atomic E-state index is -4.49. The first-order valence-corrected chi connectivity index (χ1v) is 10.1. The Kier molecular flexibility index (Phi) is 6.97. The largest absolute Gasteiger partial charge is 0.416 e. The standard InChI is InChI=1S/C22H27F3N4O/c1-28(2)12-8-16-9-13-29(14-10-16)20-19(7-4-11-26-20)27-21(30)17-5-3-6-18(15-17)22(23,24)25/h3-7,11,15-16H,8-10,12-14H2,1-2H3,(H,27,30). The van der Waals surface area contributed by atoms with Crippen LogP contribution in [-0.4, -0.2) is 49.5 Å². The molecule has 3 rings (SSSR count). The normalized spacial score (nSPS) is 15.5. The van der Waals surface area contributed by atoms with E-state index in [0.717, 1.165) is 51.0 Å². The van der Waals surface area contributed by atoms with Crippen LogP contribution in [0.5, 0.6) is 0 Å². The van der Waals surface area contributed by atoms with Crippen molar-refractivity contribution in [1.29, 1.82) is 0 Å². The van der Waals surface area contributed by atoms with Gasteiger partial charge < -0.3 is 15.1 Å². The molecule has 162 valence electrons. The molecule has 0 radical (unpaired) electrons. The number of nitrogens with zero attached hydrogens (tertiary/aromatic N) is 3. The number of aromatic nitrogens is 1. The summed E-state index contributed by atoms with van der Waals surface area (Å²) in [6.07, 6.45) is 0.416. The highest BCUT2D eigenvalue weighted by molar-refractivity contribution is 6.05. The molecule has 2 heterocycles. The van der Waals surface area contributed by atoms with Gasteiger partial charge in [-0.3, -0.25) is 4.79 Å². The molecule has 0 saturated carbocycles. The Hall–Kier alpha value is -2.61. The molecule has 30 heavy (non-hydrogen) atoms. The van der Waals surface area contributed by atoms with Gasteiger partial charge in [-0.15, -0.1) is 0 Å². The molecule has 5 nitrogen and oxygen atoms in total. The van der Waals surface area contributed by atoms with Gasteiger partial charge >= 0.3 is 6.18 Å². The Morgan fingerprint density at radius 2 is 1.93 bits per heavy atom. The fourth-order valence-corrected chi connectivity index (χ4v) is 3.65. The number of pyridine rings is 1. The van der Waals surface area contributed by atoms with Crippen LogP contribution in [-0.2, 0) is 6.18 Å². The van der Waals surface area contributed by atoms with E-state index in [0.29, 0.717) is 17.4 Å². The van der Waals surface area contributed by atoms with Crippen molar-refractivity contribution in [2.45, 2.75) is 25.4 Å². The zero-order valence-electron chi connectivity index (χ0n) is 17.2. The van der Waals surface area contributed by atoms with Crippen LogP contribution in [0.1, 0.15) is 35.2 Å². The molecule has 0 spiro atoms. The van der Waals surface area contributed by atoms with E-state index in [1.165, 1.54) is 12.1 Å². The van der Waals surface area contributed by atoms with Gasteiger partial charge in [0.05, 0.1) is 11.3 Å². The Balaban J connectivity index is 1.68. The lowest BCUT2D eigenvalue weighted by atomic mass is 9.93. The number of carbonyl (C=O) groups excluding carboxylic acids is 1. The number of piperidine rings is 1. The van der Waals surface area contributed by atoms with Gasteiger partial charge in [0.1, 0.15) is 0 Å². The SMILES string of the molecule is CN(C)CCC1CCN(c2ncccc2NC(=O)c2cccc(C(F)(F)F)c2)CC1.